The first-order valence-corrected chi connectivity index (χ1v) is 9.91. The van der Waals surface area contributed by atoms with Gasteiger partial charge in [-0.2, -0.15) is 0 Å². The van der Waals surface area contributed by atoms with Crippen LogP contribution in [0.4, 0.5) is 0 Å². The molecule has 0 aliphatic carbocycles. The van der Waals surface area contributed by atoms with Crippen molar-refractivity contribution in [3.63, 3.8) is 0 Å². The number of unbranched alkanes of at least 4 members (excludes halogenated alkanes) is 6. The molecule has 2 aromatic carbocycles. The Morgan fingerprint density at radius 3 is 2.25 bits per heavy atom. The van der Waals surface area contributed by atoms with Crippen LogP contribution in [0.2, 0.25) is 0 Å². The van der Waals surface area contributed by atoms with Crippen LogP contribution in [0.25, 0.3) is 10.8 Å². The number of hydrogen-bond acceptors (Lipinski definition) is 3. The number of benzene rings is 2. The fourth-order valence-corrected chi connectivity index (χ4v) is 3.64. The molecule has 3 nitrogen and oxygen atoms in total. The molecule has 24 heavy (non-hydrogen) atoms. The molecule has 0 amide bonds. The van der Waals surface area contributed by atoms with Crippen molar-refractivity contribution in [2.75, 3.05) is 0 Å². The van der Waals surface area contributed by atoms with Crippen molar-refractivity contribution in [1.29, 1.82) is 0 Å². The fraction of sp³-hybridized carbons (Fsp3) is 0.474. The van der Waals surface area contributed by atoms with Crippen LogP contribution >= 0.6 is 0 Å². The van der Waals surface area contributed by atoms with Crippen molar-refractivity contribution in [3.8, 4) is 0 Å². The van der Waals surface area contributed by atoms with E-state index in [4.69, 9.17) is 0 Å². The summed E-state index contributed by atoms with van der Waals surface area (Å²) in [5, 5.41) is 1.34. The van der Waals surface area contributed by atoms with Crippen molar-refractivity contribution in [3.05, 3.63) is 42.0 Å². The zero-order valence-electron chi connectivity index (χ0n) is 14.8. The van der Waals surface area contributed by atoms with E-state index in [2.05, 4.69) is 6.92 Å². The van der Waals surface area contributed by atoms with Crippen molar-refractivity contribution in [2.24, 2.45) is 0 Å². The molecule has 0 fully saturated rings. The number of fused-ring (bicyclic) bond motifs is 1. The monoisotopic (exact) mass is 372 g/mol. The summed E-state index contributed by atoms with van der Waals surface area (Å²) in [5.74, 6) is 0. The first kappa shape index (κ1) is 22.3. The molecule has 126 valence electrons. The maximum atomic E-state index is 11.4. The summed E-state index contributed by atoms with van der Waals surface area (Å²) in [7, 11) is -4.43. The van der Waals surface area contributed by atoms with Crippen LogP contribution in [-0.2, 0) is 16.5 Å². The van der Waals surface area contributed by atoms with Gasteiger partial charge in [0.1, 0.15) is 10.1 Å². The summed E-state index contributed by atoms with van der Waals surface area (Å²) in [6, 6.07) is 10.6. The Hall–Kier alpha value is 0.246. The molecule has 0 unspecified atom stereocenters. The van der Waals surface area contributed by atoms with E-state index in [1.54, 1.807) is 6.07 Å². The summed E-state index contributed by atoms with van der Waals surface area (Å²) < 4.78 is 34.2. The molecule has 0 bridgehead atoms. The third-order valence-corrected chi connectivity index (χ3v) is 5.14. The largest absolute Gasteiger partial charge is 1.00 e. The quantitative estimate of drug-likeness (QED) is 0.384. The van der Waals surface area contributed by atoms with Gasteiger partial charge in [0.05, 0.1) is 4.90 Å². The number of hydrogen-bond donors (Lipinski definition) is 0. The maximum absolute atomic E-state index is 11.4. The van der Waals surface area contributed by atoms with Crippen LogP contribution in [0.5, 0.6) is 0 Å². The minimum Gasteiger partial charge on any atom is -0.744 e. The van der Waals surface area contributed by atoms with Gasteiger partial charge in [0.2, 0.25) is 0 Å². The Morgan fingerprint density at radius 2 is 1.58 bits per heavy atom. The van der Waals surface area contributed by atoms with Crippen LogP contribution in [0.3, 0.4) is 0 Å². The molecule has 0 N–H and O–H groups in total. The van der Waals surface area contributed by atoms with E-state index >= 15 is 0 Å². The van der Waals surface area contributed by atoms with Crippen LogP contribution in [0.1, 0.15) is 57.4 Å². The number of rotatable bonds is 9. The van der Waals surface area contributed by atoms with Crippen LogP contribution in [-0.4, -0.2) is 13.0 Å². The van der Waals surface area contributed by atoms with E-state index in [1.807, 2.05) is 24.3 Å². The fourth-order valence-electron chi connectivity index (χ4n) is 2.95. The molecule has 0 saturated carbocycles. The minimum atomic E-state index is -4.43. The van der Waals surface area contributed by atoms with E-state index in [0.717, 1.165) is 23.8 Å². The Balaban J connectivity index is 0.00000288. The van der Waals surface area contributed by atoms with Gasteiger partial charge in [-0.25, -0.2) is 8.42 Å². The van der Waals surface area contributed by atoms with Gasteiger partial charge < -0.3 is 4.55 Å². The average molecular weight is 373 g/mol. The molecule has 0 radical (unpaired) electrons. The van der Waals surface area contributed by atoms with Crippen molar-refractivity contribution < 1.29 is 64.4 Å². The maximum Gasteiger partial charge on any atom is 1.00 e. The van der Waals surface area contributed by atoms with Gasteiger partial charge in [-0.15, -0.1) is 0 Å². The van der Waals surface area contributed by atoms with Gasteiger partial charge >= 0.3 is 51.4 Å². The second-order valence-electron chi connectivity index (χ2n) is 6.14. The molecule has 0 aliphatic heterocycles. The molecular formula is C19H25KO3S. The molecule has 0 saturated heterocycles. The third-order valence-electron chi connectivity index (χ3n) is 4.24. The second-order valence-corrected chi connectivity index (χ2v) is 7.49. The molecule has 0 atom stereocenters. The van der Waals surface area contributed by atoms with Crippen LogP contribution < -0.4 is 51.4 Å². The molecule has 0 heterocycles. The first-order chi connectivity index (χ1) is 11.0. The zero-order valence-corrected chi connectivity index (χ0v) is 18.7. The van der Waals surface area contributed by atoms with Crippen molar-refractivity contribution in [1.82, 2.24) is 0 Å². The average Bonchev–Trinajstić information content (AvgIpc) is 2.52. The summed E-state index contributed by atoms with van der Waals surface area (Å²) in [6.45, 7) is 2.22. The summed E-state index contributed by atoms with van der Waals surface area (Å²) in [5.41, 5.74) is 1.10. The van der Waals surface area contributed by atoms with Gasteiger partial charge in [-0.1, -0.05) is 69.7 Å². The Morgan fingerprint density at radius 1 is 0.917 bits per heavy atom. The predicted molar refractivity (Wildman–Crippen MR) is 93.6 cm³/mol. The molecular weight excluding hydrogens is 347 g/mol. The first-order valence-electron chi connectivity index (χ1n) is 8.50. The Kier molecular flexibility index (Phi) is 10.3. The molecule has 2 aromatic rings. The summed E-state index contributed by atoms with van der Waals surface area (Å²) in [4.78, 5) is -0.114. The van der Waals surface area contributed by atoms with Gasteiger partial charge in [0, 0.05) is 0 Å². The van der Waals surface area contributed by atoms with E-state index in [1.165, 1.54) is 44.6 Å². The van der Waals surface area contributed by atoms with Crippen molar-refractivity contribution in [2.45, 2.75) is 63.2 Å². The van der Waals surface area contributed by atoms with Gasteiger partial charge in [0.25, 0.3) is 0 Å². The smallest absolute Gasteiger partial charge is 0.744 e. The predicted octanol–water partition coefficient (Wildman–Crippen LogP) is 2.04. The van der Waals surface area contributed by atoms with Gasteiger partial charge in [-0.05, 0) is 41.3 Å². The van der Waals surface area contributed by atoms with Crippen molar-refractivity contribution >= 4 is 20.9 Å². The van der Waals surface area contributed by atoms with E-state index in [0.29, 0.717) is 5.39 Å². The standard InChI is InChI=1S/C19H26O3S.K/c1-2-3-4-5-6-7-8-10-16-13-14-17-11-9-12-19(18(17)15-16)23(20,21)22;/h9,11-15H,2-8,10H2,1H3,(H,20,21,22);/q;+1/p-1. The molecule has 0 aliphatic rings. The minimum absolute atomic E-state index is 0. The third kappa shape index (κ3) is 6.87. The molecule has 5 heteroatoms. The normalized spacial score (nSPS) is 11.4. The molecule has 0 spiro atoms. The number of aryl methyl sites for hydroxylation is 1. The molecule has 0 aromatic heterocycles. The Labute approximate surface area is 188 Å². The van der Waals surface area contributed by atoms with Gasteiger partial charge in [-0.3, -0.25) is 0 Å². The van der Waals surface area contributed by atoms with Crippen LogP contribution in [0, 0.1) is 0 Å². The second kappa shape index (κ2) is 11.1. The zero-order chi connectivity index (χ0) is 16.7. The van der Waals surface area contributed by atoms with E-state index < -0.39 is 10.1 Å². The van der Waals surface area contributed by atoms with E-state index in [-0.39, 0.29) is 56.3 Å². The van der Waals surface area contributed by atoms with Gasteiger partial charge in [0.15, 0.2) is 0 Å². The van der Waals surface area contributed by atoms with Crippen LogP contribution in [0.15, 0.2) is 41.3 Å². The summed E-state index contributed by atoms with van der Waals surface area (Å²) >= 11 is 0. The van der Waals surface area contributed by atoms with E-state index in [9.17, 15) is 13.0 Å². The SMILES string of the molecule is CCCCCCCCCc1ccc2cccc(S(=O)(=O)[O-])c2c1.[K+]. The summed E-state index contributed by atoms with van der Waals surface area (Å²) in [6.07, 6.45) is 9.68. The molecule has 2 rings (SSSR count). The topological polar surface area (TPSA) is 57.2 Å². The Bertz CT molecular complexity index is 741.